The molecule has 0 aliphatic carbocycles. The first-order chi connectivity index (χ1) is 12.8. The lowest BCUT2D eigenvalue weighted by Gasteiger charge is -2.35. The lowest BCUT2D eigenvalue weighted by atomic mass is 10.0. The number of anilines is 2. The number of piperazine rings is 1. The van der Waals surface area contributed by atoms with Gasteiger partial charge in [-0.25, -0.2) is 8.42 Å². The summed E-state index contributed by atoms with van der Waals surface area (Å²) < 4.78 is 28.4. The van der Waals surface area contributed by atoms with Gasteiger partial charge in [0.25, 0.3) is 0 Å². The average molecular weight is 408 g/mol. The van der Waals surface area contributed by atoms with Gasteiger partial charge in [0.15, 0.2) is 0 Å². The summed E-state index contributed by atoms with van der Waals surface area (Å²) in [5.41, 5.74) is 2.43. The van der Waals surface area contributed by atoms with E-state index in [1.165, 1.54) is 0 Å². The molecule has 7 heteroatoms. The Kier molecular flexibility index (Phi) is 6.29. The van der Waals surface area contributed by atoms with E-state index in [2.05, 4.69) is 21.6 Å². The minimum absolute atomic E-state index is 0.0195. The van der Waals surface area contributed by atoms with Gasteiger partial charge in [0.1, 0.15) is 0 Å². The number of benzene rings is 2. The van der Waals surface area contributed by atoms with Gasteiger partial charge in [0.2, 0.25) is 10.0 Å². The molecule has 1 atom stereocenters. The molecule has 2 aromatic carbocycles. The minimum Gasteiger partial charge on any atom is -0.367 e. The normalized spacial score (nSPS) is 16.9. The molecule has 0 bridgehead atoms. The lowest BCUT2D eigenvalue weighted by molar-refractivity contribution is 0.313. The number of nitrogens with one attached hydrogen (secondary N) is 1. The molecule has 1 saturated heterocycles. The van der Waals surface area contributed by atoms with Crippen LogP contribution in [0.3, 0.4) is 0 Å². The third kappa shape index (κ3) is 5.37. The number of sulfonamides is 1. The summed E-state index contributed by atoms with van der Waals surface area (Å²) >= 11 is 6.15. The SMILES string of the molecule is C[C@@H](CS(=O)(=O)Nc1cc(Cl)ccc1N1CCN(C)CC1)c1ccccc1. The van der Waals surface area contributed by atoms with E-state index in [0.29, 0.717) is 10.7 Å². The van der Waals surface area contributed by atoms with Crippen molar-refractivity contribution in [2.75, 3.05) is 48.6 Å². The predicted molar refractivity (Wildman–Crippen MR) is 113 cm³/mol. The molecule has 1 N–H and O–H groups in total. The van der Waals surface area contributed by atoms with Crippen molar-refractivity contribution in [3.63, 3.8) is 0 Å². The fourth-order valence-corrected chi connectivity index (χ4v) is 4.93. The van der Waals surface area contributed by atoms with Crippen LogP contribution in [0, 0.1) is 0 Å². The summed E-state index contributed by atoms with van der Waals surface area (Å²) in [6.07, 6.45) is 0. The van der Waals surface area contributed by atoms with Crippen molar-refractivity contribution in [2.24, 2.45) is 0 Å². The highest BCUT2D eigenvalue weighted by Crippen LogP contribution is 2.31. The maximum Gasteiger partial charge on any atom is 0.233 e. The second-order valence-electron chi connectivity index (χ2n) is 7.15. The van der Waals surface area contributed by atoms with Gasteiger partial charge in [-0.3, -0.25) is 4.72 Å². The zero-order valence-electron chi connectivity index (χ0n) is 15.7. The van der Waals surface area contributed by atoms with Gasteiger partial charge in [-0.05, 0) is 36.7 Å². The molecule has 0 unspecified atom stereocenters. The Bertz CT molecular complexity index is 866. The summed E-state index contributed by atoms with van der Waals surface area (Å²) in [5.74, 6) is -0.0823. The van der Waals surface area contributed by atoms with Crippen LogP contribution >= 0.6 is 11.6 Å². The summed E-state index contributed by atoms with van der Waals surface area (Å²) in [4.78, 5) is 4.46. The van der Waals surface area contributed by atoms with Crippen LogP contribution in [0.4, 0.5) is 11.4 Å². The highest BCUT2D eigenvalue weighted by molar-refractivity contribution is 7.92. The first-order valence-corrected chi connectivity index (χ1v) is 11.2. The molecule has 146 valence electrons. The fraction of sp³-hybridized carbons (Fsp3) is 0.400. The summed E-state index contributed by atoms with van der Waals surface area (Å²) in [6.45, 7) is 5.52. The van der Waals surface area contributed by atoms with Crippen LogP contribution < -0.4 is 9.62 Å². The van der Waals surface area contributed by atoms with E-state index < -0.39 is 10.0 Å². The topological polar surface area (TPSA) is 52.7 Å². The van der Waals surface area contributed by atoms with Crippen molar-refractivity contribution < 1.29 is 8.42 Å². The number of rotatable bonds is 6. The number of hydrogen-bond acceptors (Lipinski definition) is 4. The van der Waals surface area contributed by atoms with Crippen molar-refractivity contribution in [2.45, 2.75) is 12.8 Å². The second-order valence-corrected chi connectivity index (χ2v) is 9.35. The van der Waals surface area contributed by atoms with Crippen LogP contribution in [-0.2, 0) is 10.0 Å². The maximum absolute atomic E-state index is 12.8. The van der Waals surface area contributed by atoms with E-state index in [1.807, 2.05) is 43.3 Å². The smallest absolute Gasteiger partial charge is 0.233 e. The lowest BCUT2D eigenvalue weighted by Crippen LogP contribution is -2.44. The van der Waals surface area contributed by atoms with Crippen molar-refractivity contribution >= 4 is 33.0 Å². The first-order valence-electron chi connectivity index (χ1n) is 9.12. The summed E-state index contributed by atoms with van der Waals surface area (Å²) in [7, 11) is -1.43. The van der Waals surface area contributed by atoms with Crippen LogP contribution in [0.15, 0.2) is 48.5 Å². The van der Waals surface area contributed by atoms with Crippen LogP contribution in [0.5, 0.6) is 0 Å². The van der Waals surface area contributed by atoms with Crippen LogP contribution in [0.25, 0.3) is 0 Å². The Morgan fingerprint density at radius 1 is 1.07 bits per heavy atom. The van der Waals surface area contributed by atoms with Crippen molar-refractivity contribution in [3.8, 4) is 0 Å². The summed E-state index contributed by atoms with van der Waals surface area (Å²) in [5, 5.41) is 0.515. The van der Waals surface area contributed by atoms with Gasteiger partial charge < -0.3 is 9.80 Å². The van der Waals surface area contributed by atoms with Crippen molar-refractivity contribution in [3.05, 3.63) is 59.1 Å². The van der Waals surface area contributed by atoms with Gasteiger partial charge in [0.05, 0.1) is 17.1 Å². The van der Waals surface area contributed by atoms with Gasteiger partial charge >= 0.3 is 0 Å². The molecule has 1 fully saturated rings. The van der Waals surface area contributed by atoms with Crippen molar-refractivity contribution in [1.82, 2.24) is 4.90 Å². The van der Waals surface area contributed by atoms with Crippen LogP contribution in [-0.4, -0.2) is 52.3 Å². The summed E-state index contributed by atoms with van der Waals surface area (Å²) in [6, 6.07) is 15.1. The Balaban J connectivity index is 1.78. The van der Waals surface area contributed by atoms with Gasteiger partial charge in [-0.15, -0.1) is 0 Å². The zero-order chi connectivity index (χ0) is 19.4. The highest BCUT2D eigenvalue weighted by Gasteiger charge is 2.22. The minimum atomic E-state index is -3.52. The van der Waals surface area contributed by atoms with E-state index in [9.17, 15) is 8.42 Å². The number of nitrogens with zero attached hydrogens (tertiary/aromatic N) is 2. The molecular formula is C20H26ClN3O2S. The van der Waals surface area contributed by atoms with Crippen LogP contribution in [0.1, 0.15) is 18.4 Å². The molecule has 0 saturated carbocycles. The third-order valence-corrected chi connectivity index (χ3v) is 6.61. The Labute approximate surface area is 167 Å². The number of hydrogen-bond donors (Lipinski definition) is 1. The molecule has 0 spiro atoms. The van der Waals surface area contributed by atoms with E-state index in [-0.39, 0.29) is 11.7 Å². The predicted octanol–water partition coefficient (Wildman–Crippen LogP) is 3.64. The third-order valence-electron chi connectivity index (χ3n) is 4.91. The molecular weight excluding hydrogens is 382 g/mol. The molecule has 1 aliphatic rings. The zero-order valence-corrected chi connectivity index (χ0v) is 17.3. The molecule has 1 heterocycles. The van der Waals surface area contributed by atoms with Gasteiger partial charge in [-0.1, -0.05) is 48.9 Å². The molecule has 1 aliphatic heterocycles. The standard InChI is InChI=1S/C20H26ClN3O2S/c1-16(17-6-4-3-5-7-17)15-27(25,26)22-19-14-18(21)8-9-20(19)24-12-10-23(2)11-13-24/h3-9,14,16,22H,10-13,15H2,1-2H3/t16-/m0/s1. The Morgan fingerprint density at radius 2 is 1.74 bits per heavy atom. The number of likely N-dealkylation sites (N-methyl/N-ethyl adjacent to an activating group) is 1. The molecule has 5 nitrogen and oxygen atoms in total. The van der Waals surface area contributed by atoms with E-state index in [0.717, 1.165) is 37.4 Å². The average Bonchev–Trinajstić information content (AvgIpc) is 2.63. The first kappa shape index (κ1) is 20.0. The van der Waals surface area contributed by atoms with E-state index >= 15 is 0 Å². The fourth-order valence-electron chi connectivity index (χ4n) is 3.33. The Hall–Kier alpha value is -1.76. The molecule has 2 aromatic rings. The largest absolute Gasteiger partial charge is 0.367 e. The Morgan fingerprint density at radius 3 is 2.41 bits per heavy atom. The highest BCUT2D eigenvalue weighted by atomic mass is 35.5. The van der Waals surface area contributed by atoms with Gasteiger partial charge in [-0.2, -0.15) is 0 Å². The maximum atomic E-state index is 12.8. The van der Waals surface area contributed by atoms with Crippen LogP contribution in [0.2, 0.25) is 5.02 Å². The van der Waals surface area contributed by atoms with E-state index in [1.54, 1.807) is 12.1 Å². The van der Waals surface area contributed by atoms with Gasteiger partial charge in [0, 0.05) is 31.2 Å². The molecule has 3 rings (SSSR count). The molecule has 0 amide bonds. The second kappa shape index (κ2) is 8.50. The van der Waals surface area contributed by atoms with E-state index in [4.69, 9.17) is 11.6 Å². The molecule has 27 heavy (non-hydrogen) atoms. The quantitative estimate of drug-likeness (QED) is 0.794. The molecule has 0 radical (unpaired) electrons. The van der Waals surface area contributed by atoms with Crippen molar-refractivity contribution in [1.29, 1.82) is 0 Å². The molecule has 0 aromatic heterocycles. The number of halogens is 1. The monoisotopic (exact) mass is 407 g/mol.